The van der Waals surface area contributed by atoms with Crippen molar-refractivity contribution in [3.05, 3.63) is 29.8 Å². The normalized spacial score (nSPS) is 22.9. The number of piperazine rings is 1. The second-order valence-electron chi connectivity index (χ2n) is 8.15. The molecule has 1 atom stereocenters. The molecule has 3 fully saturated rings. The number of piperidine rings is 1. The van der Waals surface area contributed by atoms with Crippen molar-refractivity contribution in [2.45, 2.75) is 51.2 Å². The van der Waals surface area contributed by atoms with Crippen LogP contribution in [-0.2, 0) is 9.59 Å². The van der Waals surface area contributed by atoms with Crippen LogP contribution in [0, 0.1) is 5.92 Å². The van der Waals surface area contributed by atoms with Gasteiger partial charge in [0.05, 0.1) is 0 Å². The molecule has 1 saturated carbocycles. The number of carbonyl (C=O) groups is 3. The molecule has 2 saturated heterocycles. The maximum atomic E-state index is 12.8. The van der Waals surface area contributed by atoms with Gasteiger partial charge in [0.25, 0.3) is 5.91 Å². The fourth-order valence-electron chi connectivity index (χ4n) is 4.18. The number of hydrogen-bond donors (Lipinski definition) is 1. The molecule has 156 valence electrons. The van der Waals surface area contributed by atoms with Gasteiger partial charge in [-0.15, -0.1) is 0 Å². The minimum Gasteiger partial charge on any atom is -0.490 e. The highest BCUT2D eigenvalue weighted by atomic mass is 16.5. The first-order valence-electron chi connectivity index (χ1n) is 10.7. The Kier molecular flexibility index (Phi) is 5.74. The van der Waals surface area contributed by atoms with Crippen LogP contribution in [0.5, 0.6) is 5.75 Å². The molecule has 2 aliphatic heterocycles. The number of carbonyl (C=O) groups excluding carboxylic acids is 3. The molecule has 1 N–H and O–H groups in total. The summed E-state index contributed by atoms with van der Waals surface area (Å²) < 4.78 is 6.07. The Balaban J connectivity index is 1.31. The molecule has 2 heterocycles. The van der Waals surface area contributed by atoms with Gasteiger partial charge < -0.3 is 19.9 Å². The van der Waals surface area contributed by atoms with E-state index < -0.39 is 6.04 Å². The lowest BCUT2D eigenvalue weighted by Gasteiger charge is -2.34. The van der Waals surface area contributed by atoms with E-state index in [9.17, 15) is 14.4 Å². The summed E-state index contributed by atoms with van der Waals surface area (Å²) in [5.41, 5.74) is 0.565. The SMILES string of the molecule is CC[C@H]1C(=O)NCCN1C(=O)c1ccc(OC2CCN(C(=O)C3CC3)CC2)cc1. The second kappa shape index (κ2) is 8.43. The molecule has 0 aromatic heterocycles. The highest BCUT2D eigenvalue weighted by Crippen LogP contribution is 2.32. The van der Waals surface area contributed by atoms with Crippen molar-refractivity contribution in [2.75, 3.05) is 26.2 Å². The van der Waals surface area contributed by atoms with Crippen molar-refractivity contribution >= 4 is 17.7 Å². The van der Waals surface area contributed by atoms with Gasteiger partial charge in [-0.1, -0.05) is 6.92 Å². The van der Waals surface area contributed by atoms with Crippen LogP contribution in [0.2, 0.25) is 0 Å². The van der Waals surface area contributed by atoms with Crippen LogP contribution in [0.15, 0.2) is 24.3 Å². The van der Waals surface area contributed by atoms with Crippen LogP contribution < -0.4 is 10.1 Å². The fourth-order valence-corrected chi connectivity index (χ4v) is 4.18. The first-order valence-corrected chi connectivity index (χ1v) is 10.7. The third kappa shape index (κ3) is 4.38. The van der Waals surface area contributed by atoms with Crippen LogP contribution >= 0.6 is 0 Å². The molecule has 0 spiro atoms. The minimum atomic E-state index is -0.407. The molecule has 0 radical (unpaired) electrons. The zero-order chi connectivity index (χ0) is 20.4. The standard InChI is InChI=1S/C22H29N3O4/c1-2-19-20(26)23-11-14-25(19)22(28)16-5-7-17(8-6-16)29-18-9-12-24(13-10-18)21(27)15-3-4-15/h5-8,15,18-19H,2-4,9-14H2,1H3,(H,23,26)/t19-/m0/s1. The van der Waals surface area contributed by atoms with Gasteiger partial charge in [-0.05, 0) is 43.5 Å². The molecule has 0 unspecified atom stereocenters. The topological polar surface area (TPSA) is 79.0 Å². The van der Waals surface area contributed by atoms with E-state index in [1.54, 1.807) is 17.0 Å². The highest BCUT2D eigenvalue weighted by molar-refractivity contribution is 5.98. The van der Waals surface area contributed by atoms with E-state index in [0.717, 1.165) is 44.5 Å². The number of benzene rings is 1. The Morgan fingerprint density at radius 1 is 1.07 bits per heavy atom. The molecule has 29 heavy (non-hydrogen) atoms. The molecule has 3 aliphatic rings. The predicted octanol–water partition coefficient (Wildman–Crippen LogP) is 1.82. The monoisotopic (exact) mass is 399 g/mol. The van der Waals surface area contributed by atoms with E-state index in [2.05, 4.69) is 5.32 Å². The molecule has 0 bridgehead atoms. The first kappa shape index (κ1) is 19.7. The van der Waals surface area contributed by atoms with Crippen LogP contribution in [-0.4, -0.2) is 65.8 Å². The average molecular weight is 399 g/mol. The van der Waals surface area contributed by atoms with E-state index in [4.69, 9.17) is 4.74 Å². The summed E-state index contributed by atoms with van der Waals surface area (Å²) >= 11 is 0. The van der Waals surface area contributed by atoms with Crippen molar-refractivity contribution in [1.29, 1.82) is 0 Å². The Morgan fingerprint density at radius 3 is 2.38 bits per heavy atom. The molecular weight excluding hydrogens is 370 g/mol. The molecule has 4 rings (SSSR count). The lowest BCUT2D eigenvalue weighted by molar-refractivity contribution is -0.134. The molecule has 1 aromatic rings. The smallest absolute Gasteiger partial charge is 0.254 e. The average Bonchev–Trinajstić information content (AvgIpc) is 3.59. The van der Waals surface area contributed by atoms with E-state index >= 15 is 0 Å². The maximum absolute atomic E-state index is 12.8. The van der Waals surface area contributed by atoms with Gasteiger partial charge in [-0.2, -0.15) is 0 Å². The molecule has 3 amide bonds. The Bertz CT molecular complexity index is 767. The number of likely N-dealkylation sites (tertiary alicyclic amines) is 1. The van der Waals surface area contributed by atoms with Crippen molar-refractivity contribution < 1.29 is 19.1 Å². The Hall–Kier alpha value is -2.57. The van der Waals surface area contributed by atoms with Gasteiger partial charge in [0.1, 0.15) is 17.9 Å². The van der Waals surface area contributed by atoms with E-state index in [-0.39, 0.29) is 23.8 Å². The Morgan fingerprint density at radius 2 is 1.76 bits per heavy atom. The van der Waals surface area contributed by atoms with E-state index in [1.807, 2.05) is 24.0 Å². The van der Waals surface area contributed by atoms with Crippen LogP contribution in [0.4, 0.5) is 0 Å². The number of ether oxygens (including phenoxy) is 1. The zero-order valence-corrected chi connectivity index (χ0v) is 16.9. The zero-order valence-electron chi connectivity index (χ0n) is 16.9. The Labute approximate surface area is 171 Å². The fraction of sp³-hybridized carbons (Fsp3) is 0.591. The molecule has 7 heteroatoms. The summed E-state index contributed by atoms with van der Waals surface area (Å²) in [4.78, 5) is 40.6. The second-order valence-corrected chi connectivity index (χ2v) is 8.15. The third-order valence-electron chi connectivity index (χ3n) is 6.06. The summed E-state index contributed by atoms with van der Waals surface area (Å²) in [5, 5.41) is 2.82. The number of nitrogens with zero attached hydrogens (tertiary/aromatic N) is 2. The van der Waals surface area contributed by atoms with Crippen molar-refractivity contribution in [2.24, 2.45) is 5.92 Å². The number of amides is 3. The van der Waals surface area contributed by atoms with Crippen molar-refractivity contribution in [1.82, 2.24) is 15.1 Å². The predicted molar refractivity (Wildman–Crippen MR) is 108 cm³/mol. The molecule has 7 nitrogen and oxygen atoms in total. The van der Waals surface area contributed by atoms with Gasteiger partial charge in [-0.25, -0.2) is 0 Å². The summed E-state index contributed by atoms with van der Waals surface area (Å²) in [6.45, 7) is 4.44. The van der Waals surface area contributed by atoms with Gasteiger partial charge in [0.2, 0.25) is 11.8 Å². The summed E-state index contributed by atoms with van der Waals surface area (Å²) in [5.74, 6) is 1.11. The largest absolute Gasteiger partial charge is 0.490 e. The lowest BCUT2D eigenvalue weighted by Crippen LogP contribution is -2.56. The maximum Gasteiger partial charge on any atom is 0.254 e. The van der Waals surface area contributed by atoms with Gasteiger partial charge in [-0.3, -0.25) is 14.4 Å². The summed E-state index contributed by atoms with van der Waals surface area (Å²) in [7, 11) is 0. The first-order chi connectivity index (χ1) is 14.1. The van der Waals surface area contributed by atoms with Gasteiger partial charge >= 0.3 is 0 Å². The number of nitrogens with one attached hydrogen (secondary N) is 1. The van der Waals surface area contributed by atoms with E-state index in [0.29, 0.717) is 31.0 Å². The van der Waals surface area contributed by atoms with Crippen molar-refractivity contribution in [3.63, 3.8) is 0 Å². The van der Waals surface area contributed by atoms with Gasteiger partial charge in [0, 0.05) is 50.5 Å². The van der Waals surface area contributed by atoms with Crippen LogP contribution in [0.3, 0.4) is 0 Å². The third-order valence-corrected chi connectivity index (χ3v) is 6.06. The lowest BCUT2D eigenvalue weighted by atomic mass is 10.1. The quantitative estimate of drug-likeness (QED) is 0.819. The molecular formula is C22H29N3O4. The number of hydrogen-bond acceptors (Lipinski definition) is 4. The summed E-state index contributed by atoms with van der Waals surface area (Å²) in [6.07, 6.45) is 4.44. The van der Waals surface area contributed by atoms with Crippen LogP contribution in [0.1, 0.15) is 49.4 Å². The van der Waals surface area contributed by atoms with Crippen LogP contribution in [0.25, 0.3) is 0 Å². The van der Waals surface area contributed by atoms with Gasteiger partial charge in [0.15, 0.2) is 0 Å². The van der Waals surface area contributed by atoms with E-state index in [1.165, 1.54) is 0 Å². The van der Waals surface area contributed by atoms with Crippen molar-refractivity contribution in [3.8, 4) is 5.75 Å². The minimum absolute atomic E-state index is 0.0847. The molecule has 1 aliphatic carbocycles. The highest BCUT2D eigenvalue weighted by Gasteiger charge is 2.35. The summed E-state index contributed by atoms with van der Waals surface area (Å²) in [6, 6.07) is 6.77. The number of rotatable bonds is 5. The molecule has 1 aromatic carbocycles.